The monoisotopic (exact) mass is 393 g/mol. The molecule has 0 heterocycles. The summed E-state index contributed by atoms with van der Waals surface area (Å²) in [6.45, 7) is 0. The second kappa shape index (κ2) is 7.62. The van der Waals surface area contributed by atoms with E-state index < -0.39 is 58.9 Å². The van der Waals surface area contributed by atoms with Gasteiger partial charge in [0.15, 0.2) is 23.0 Å². The van der Waals surface area contributed by atoms with Gasteiger partial charge >= 0.3 is 5.91 Å². The van der Waals surface area contributed by atoms with E-state index in [0.717, 1.165) is 31.3 Å². The van der Waals surface area contributed by atoms with E-state index in [1.807, 2.05) is 0 Å². The van der Waals surface area contributed by atoms with E-state index in [1.165, 1.54) is 6.07 Å². The van der Waals surface area contributed by atoms with E-state index in [2.05, 4.69) is 0 Å². The highest BCUT2D eigenvalue weighted by molar-refractivity contribution is 6.35. The molecule has 0 aliphatic heterocycles. The topological polar surface area (TPSA) is 179 Å². The number of likely N-dealkylation sites (N-methyl/N-ethyl adjacent to an activating group) is 1. The van der Waals surface area contributed by atoms with Gasteiger partial charge in [0.1, 0.15) is 5.60 Å². The Balaban J connectivity index is 2.54. The van der Waals surface area contributed by atoms with E-state index in [1.54, 1.807) is 0 Å². The summed E-state index contributed by atoms with van der Waals surface area (Å²) in [4.78, 5) is 23.9. The van der Waals surface area contributed by atoms with Crippen LogP contribution in [0.2, 0.25) is 0 Å². The Hall–Kier alpha value is -3.50. The lowest BCUT2D eigenvalue weighted by Gasteiger charge is -2.29. The minimum atomic E-state index is -2.28. The molecule has 28 heavy (non-hydrogen) atoms. The molecule has 150 valence electrons. The Kier molecular flexibility index (Phi) is 5.67. The largest absolute Gasteiger partial charge is 0.504 e. The molecule has 1 amide bonds. The molecule has 0 saturated heterocycles. The summed E-state index contributed by atoms with van der Waals surface area (Å²) in [5, 5.41) is 68.7. The lowest BCUT2D eigenvalue weighted by molar-refractivity contribution is -0.167. The van der Waals surface area contributed by atoms with E-state index >= 15 is 0 Å². The summed E-state index contributed by atoms with van der Waals surface area (Å²) < 4.78 is 0. The van der Waals surface area contributed by atoms with Crippen LogP contribution in [0.4, 0.5) is 0 Å². The molecular formula is C18H19NO9. The predicted octanol–water partition coefficient (Wildman–Crippen LogP) is 0.452. The van der Waals surface area contributed by atoms with E-state index in [0.29, 0.717) is 0 Å². The molecule has 0 fully saturated rings. The van der Waals surface area contributed by atoms with Crippen LogP contribution in [-0.4, -0.2) is 59.6 Å². The van der Waals surface area contributed by atoms with Crippen molar-refractivity contribution in [2.75, 3.05) is 7.05 Å². The fourth-order valence-corrected chi connectivity index (χ4v) is 2.74. The third kappa shape index (κ3) is 4.08. The van der Waals surface area contributed by atoms with Crippen LogP contribution in [0.3, 0.4) is 0 Å². The highest BCUT2D eigenvalue weighted by atomic mass is 16.5. The molecule has 2 aromatic carbocycles. The van der Waals surface area contributed by atoms with Crippen LogP contribution < -0.4 is 0 Å². The van der Waals surface area contributed by atoms with Crippen molar-refractivity contribution in [1.29, 1.82) is 0 Å². The smallest absolute Gasteiger partial charge is 0.313 e. The first-order valence-corrected chi connectivity index (χ1v) is 7.93. The highest BCUT2D eigenvalue weighted by Crippen LogP contribution is 2.44. The molecule has 10 nitrogen and oxygen atoms in total. The Morgan fingerprint density at radius 3 is 2.11 bits per heavy atom. The number of carbonyl (C=O) groups is 2. The molecule has 2 rings (SSSR count). The van der Waals surface area contributed by atoms with Gasteiger partial charge in [-0.3, -0.25) is 14.8 Å². The Morgan fingerprint density at radius 1 is 0.929 bits per heavy atom. The summed E-state index contributed by atoms with van der Waals surface area (Å²) in [7, 11) is 0.918. The Labute approximate surface area is 158 Å². The van der Waals surface area contributed by atoms with Crippen molar-refractivity contribution in [2.45, 2.75) is 18.4 Å². The Morgan fingerprint density at radius 2 is 1.54 bits per heavy atom. The zero-order valence-electron chi connectivity index (χ0n) is 14.7. The number of rotatable bonds is 6. The molecule has 0 aliphatic carbocycles. The lowest BCUT2D eigenvalue weighted by atomic mass is 9.82. The van der Waals surface area contributed by atoms with E-state index in [9.17, 15) is 40.2 Å². The molecule has 7 N–H and O–H groups in total. The molecule has 0 bridgehead atoms. The molecule has 1 unspecified atom stereocenters. The second-order valence-electron chi connectivity index (χ2n) is 6.29. The molecule has 0 spiro atoms. The van der Waals surface area contributed by atoms with E-state index in [-0.39, 0.29) is 16.2 Å². The van der Waals surface area contributed by atoms with Gasteiger partial charge in [-0.2, -0.15) is 0 Å². The van der Waals surface area contributed by atoms with Gasteiger partial charge in [0.25, 0.3) is 0 Å². The van der Waals surface area contributed by atoms with Gasteiger partial charge < -0.3 is 30.6 Å². The zero-order valence-corrected chi connectivity index (χ0v) is 14.7. The molecule has 0 aliphatic rings. The predicted molar refractivity (Wildman–Crippen MR) is 93.0 cm³/mol. The number of aliphatic hydroxyl groups is 1. The quantitative estimate of drug-likeness (QED) is 0.159. The summed E-state index contributed by atoms with van der Waals surface area (Å²) in [5.41, 5.74) is -2.44. The average molecular weight is 393 g/mol. The number of aromatic hydroxyl groups is 5. The third-order valence-corrected chi connectivity index (χ3v) is 4.15. The van der Waals surface area contributed by atoms with Crippen molar-refractivity contribution in [2.24, 2.45) is 0 Å². The summed E-state index contributed by atoms with van der Waals surface area (Å²) >= 11 is 0. The number of hydroxylamine groups is 2. The number of phenolic OH excluding ortho intramolecular Hbond substituents is 5. The highest BCUT2D eigenvalue weighted by Gasteiger charge is 2.38. The summed E-state index contributed by atoms with van der Waals surface area (Å²) in [6, 6.07) is 5.57. The number of hydrogen-bond acceptors (Lipinski definition) is 9. The first kappa shape index (κ1) is 20.8. The molecule has 1 atom stereocenters. The zero-order chi connectivity index (χ0) is 21.2. The van der Waals surface area contributed by atoms with Crippen molar-refractivity contribution < 1.29 is 45.4 Å². The number of phenols is 5. The van der Waals surface area contributed by atoms with Gasteiger partial charge in [0.05, 0.1) is 0 Å². The first-order chi connectivity index (χ1) is 13.0. The maximum absolute atomic E-state index is 12.2. The fourth-order valence-electron chi connectivity index (χ4n) is 2.74. The van der Waals surface area contributed by atoms with Crippen LogP contribution in [0.25, 0.3) is 0 Å². The number of hydrogen-bond donors (Lipinski definition) is 7. The van der Waals surface area contributed by atoms with Crippen LogP contribution >= 0.6 is 0 Å². The minimum absolute atomic E-state index is 0.0310. The van der Waals surface area contributed by atoms with Crippen molar-refractivity contribution in [3.8, 4) is 28.7 Å². The van der Waals surface area contributed by atoms with Gasteiger partial charge in [-0.05, 0) is 29.8 Å². The third-order valence-electron chi connectivity index (χ3n) is 4.15. The molecule has 0 saturated carbocycles. The molecule has 0 radical (unpaired) electrons. The molecular weight excluding hydrogens is 374 g/mol. The van der Waals surface area contributed by atoms with Gasteiger partial charge in [0, 0.05) is 25.5 Å². The second-order valence-corrected chi connectivity index (χ2v) is 6.29. The van der Waals surface area contributed by atoms with Crippen LogP contribution in [0.15, 0.2) is 30.3 Å². The normalized spacial score (nSPS) is 13.0. The maximum Gasteiger partial charge on any atom is 0.313 e. The number of ketones is 1. The van der Waals surface area contributed by atoms with Crippen molar-refractivity contribution in [3.05, 3.63) is 41.5 Å². The summed E-state index contributed by atoms with van der Waals surface area (Å²) in [5.74, 6) is -5.99. The Bertz CT molecular complexity index is 926. The number of Topliss-reactive ketones (excluding diaryl/α,β-unsaturated/α-hetero) is 1. The van der Waals surface area contributed by atoms with Gasteiger partial charge in [0.2, 0.25) is 11.5 Å². The number of carbonyl (C=O) groups excluding carboxylic acids is 2. The van der Waals surface area contributed by atoms with Crippen LogP contribution in [0.5, 0.6) is 28.7 Å². The first-order valence-electron chi connectivity index (χ1n) is 7.93. The van der Waals surface area contributed by atoms with Gasteiger partial charge in [-0.1, -0.05) is 6.07 Å². The SMILES string of the molecule is CN(O)C(=O)C(=O)CC(O)(Cc1ccc(O)c(O)c1)c1ccc(O)c(O)c1O. The maximum atomic E-state index is 12.2. The van der Waals surface area contributed by atoms with Crippen molar-refractivity contribution in [1.82, 2.24) is 5.06 Å². The molecule has 10 heteroatoms. The van der Waals surface area contributed by atoms with Crippen molar-refractivity contribution >= 4 is 11.7 Å². The van der Waals surface area contributed by atoms with Crippen LogP contribution in [0, 0.1) is 0 Å². The van der Waals surface area contributed by atoms with Crippen LogP contribution in [-0.2, 0) is 21.6 Å². The molecule has 2 aromatic rings. The lowest BCUT2D eigenvalue weighted by Crippen LogP contribution is -2.38. The van der Waals surface area contributed by atoms with Gasteiger partial charge in [-0.15, -0.1) is 0 Å². The van der Waals surface area contributed by atoms with Crippen molar-refractivity contribution in [3.63, 3.8) is 0 Å². The summed E-state index contributed by atoms with van der Waals surface area (Å²) in [6.07, 6.45) is -1.34. The average Bonchev–Trinajstić information content (AvgIpc) is 2.61. The number of benzene rings is 2. The number of amides is 1. The number of nitrogens with zero attached hydrogens (tertiary/aromatic N) is 1. The van der Waals surface area contributed by atoms with E-state index in [4.69, 9.17) is 5.21 Å². The molecule has 0 aromatic heterocycles. The standard InChI is InChI=1S/C18H19NO9/c1-19(28)17(26)14(23)8-18(27,7-9-2-4-11(20)13(22)6-9)10-3-5-12(21)16(25)15(10)24/h2-6,20-22,24-25,27-28H,7-8H2,1H3. The fraction of sp³-hybridized carbons (Fsp3) is 0.222. The minimum Gasteiger partial charge on any atom is -0.504 e. The van der Waals surface area contributed by atoms with Gasteiger partial charge in [-0.25, -0.2) is 5.06 Å². The van der Waals surface area contributed by atoms with Crippen LogP contribution in [0.1, 0.15) is 17.5 Å².